The summed E-state index contributed by atoms with van der Waals surface area (Å²) in [6.07, 6.45) is -4.75. The van der Waals surface area contributed by atoms with Gasteiger partial charge in [-0.1, -0.05) is 19.1 Å². The molecule has 2 N–H and O–H groups in total. The molecule has 0 saturated carbocycles. The summed E-state index contributed by atoms with van der Waals surface area (Å²) < 4.78 is 43.0. The first-order valence-corrected chi connectivity index (χ1v) is 5.72. The van der Waals surface area contributed by atoms with Gasteiger partial charge in [-0.3, -0.25) is 4.79 Å². The molecule has 2 rings (SSSR count). The van der Waals surface area contributed by atoms with E-state index in [0.717, 1.165) is 12.1 Å². The highest BCUT2D eigenvalue weighted by Gasteiger charge is 2.35. The fourth-order valence-electron chi connectivity index (χ4n) is 1.95. The van der Waals surface area contributed by atoms with Crippen LogP contribution in [0.3, 0.4) is 0 Å². The van der Waals surface area contributed by atoms with Crippen LogP contribution in [0.25, 0.3) is 5.57 Å². The molecular formula is C13H12F3NO2. The number of halogens is 3. The van der Waals surface area contributed by atoms with Crippen molar-refractivity contribution in [3.8, 4) is 0 Å². The number of hydrogen-bond acceptors (Lipinski definition) is 3. The van der Waals surface area contributed by atoms with Gasteiger partial charge < -0.3 is 10.5 Å². The van der Waals surface area contributed by atoms with Crippen LogP contribution in [0.1, 0.15) is 24.5 Å². The van der Waals surface area contributed by atoms with Gasteiger partial charge in [-0.25, -0.2) is 0 Å². The van der Waals surface area contributed by atoms with Gasteiger partial charge >= 0.3 is 6.18 Å². The summed E-state index contributed by atoms with van der Waals surface area (Å²) >= 11 is 0. The first kappa shape index (κ1) is 13.5. The molecule has 0 radical (unpaired) electrons. The molecule has 0 fully saturated rings. The predicted molar refractivity (Wildman–Crippen MR) is 62.7 cm³/mol. The molecule has 0 aliphatic carbocycles. The summed E-state index contributed by atoms with van der Waals surface area (Å²) in [6.45, 7) is 1.74. The van der Waals surface area contributed by atoms with Gasteiger partial charge in [0.15, 0.2) is 12.0 Å². The highest BCUT2D eigenvalue weighted by atomic mass is 19.4. The van der Waals surface area contributed by atoms with E-state index in [0.29, 0.717) is 6.42 Å². The van der Waals surface area contributed by atoms with E-state index in [4.69, 9.17) is 10.5 Å². The smallest absolute Gasteiger partial charge is 0.416 e. The van der Waals surface area contributed by atoms with E-state index in [2.05, 4.69) is 0 Å². The summed E-state index contributed by atoms with van der Waals surface area (Å²) in [6, 6.07) is 4.50. The minimum absolute atomic E-state index is 0.0259. The summed E-state index contributed by atoms with van der Waals surface area (Å²) in [7, 11) is 0. The van der Waals surface area contributed by atoms with E-state index in [1.807, 2.05) is 0 Å². The molecule has 1 aromatic carbocycles. The monoisotopic (exact) mass is 271 g/mol. The van der Waals surface area contributed by atoms with E-state index in [-0.39, 0.29) is 22.8 Å². The van der Waals surface area contributed by atoms with Crippen molar-refractivity contribution in [1.29, 1.82) is 0 Å². The molecule has 1 unspecified atom stereocenters. The Morgan fingerprint density at radius 1 is 1.37 bits per heavy atom. The Morgan fingerprint density at radius 3 is 2.58 bits per heavy atom. The average molecular weight is 271 g/mol. The molecule has 0 amide bonds. The van der Waals surface area contributed by atoms with Crippen molar-refractivity contribution >= 4 is 11.4 Å². The van der Waals surface area contributed by atoms with Gasteiger partial charge in [0.25, 0.3) is 0 Å². The second-order valence-electron chi connectivity index (χ2n) is 4.20. The lowest BCUT2D eigenvalue weighted by Gasteiger charge is -2.08. The third-order valence-corrected chi connectivity index (χ3v) is 2.90. The fourth-order valence-corrected chi connectivity index (χ4v) is 1.95. The second kappa shape index (κ2) is 4.60. The van der Waals surface area contributed by atoms with Crippen molar-refractivity contribution in [1.82, 2.24) is 0 Å². The normalized spacial score (nSPS) is 19.8. The van der Waals surface area contributed by atoms with Crippen molar-refractivity contribution in [3.05, 3.63) is 41.3 Å². The molecule has 1 heterocycles. The zero-order valence-corrected chi connectivity index (χ0v) is 10.1. The number of hydrogen-bond donors (Lipinski definition) is 1. The number of carbonyl (C=O) groups is 1. The summed E-state index contributed by atoms with van der Waals surface area (Å²) in [4.78, 5) is 12.0. The zero-order valence-electron chi connectivity index (χ0n) is 10.1. The van der Waals surface area contributed by atoms with Gasteiger partial charge in [0.05, 0.1) is 11.1 Å². The Hall–Kier alpha value is -1.98. The molecule has 19 heavy (non-hydrogen) atoms. The molecule has 0 bridgehead atoms. The van der Waals surface area contributed by atoms with Crippen molar-refractivity contribution in [3.63, 3.8) is 0 Å². The Morgan fingerprint density at radius 2 is 2.05 bits per heavy atom. The van der Waals surface area contributed by atoms with Crippen LogP contribution in [0.5, 0.6) is 0 Å². The van der Waals surface area contributed by atoms with E-state index < -0.39 is 17.8 Å². The van der Waals surface area contributed by atoms with Gasteiger partial charge in [0.2, 0.25) is 5.78 Å². The maximum absolute atomic E-state index is 12.6. The predicted octanol–water partition coefficient (Wildman–Crippen LogP) is 2.71. The van der Waals surface area contributed by atoms with Gasteiger partial charge in [0, 0.05) is 0 Å². The van der Waals surface area contributed by atoms with Crippen molar-refractivity contribution < 1.29 is 22.7 Å². The van der Waals surface area contributed by atoms with Crippen LogP contribution < -0.4 is 5.73 Å². The van der Waals surface area contributed by atoms with E-state index in [9.17, 15) is 18.0 Å². The van der Waals surface area contributed by atoms with E-state index in [1.165, 1.54) is 12.1 Å². The first-order chi connectivity index (χ1) is 8.84. The molecule has 0 saturated heterocycles. The molecule has 3 nitrogen and oxygen atoms in total. The summed E-state index contributed by atoms with van der Waals surface area (Å²) in [5.41, 5.74) is 4.92. The zero-order chi connectivity index (χ0) is 14.2. The highest BCUT2D eigenvalue weighted by Crippen LogP contribution is 2.34. The standard InChI is InChI=1S/C13H12F3NO2/c1-2-9-11(18)10(12(17)19-9)7-4-3-5-8(6-7)13(14,15)16/h3-6,9H,2,17H2,1H3. The van der Waals surface area contributed by atoms with Crippen LogP contribution in [0.4, 0.5) is 13.2 Å². The Kier molecular flexibility index (Phi) is 3.26. The number of ether oxygens (including phenoxy) is 1. The van der Waals surface area contributed by atoms with Crippen LogP contribution >= 0.6 is 0 Å². The van der Waals surface area contributed by atoms with Crippen LogP contribution in [0.2, 0.25) is 0 Å². The van der Waals surface area contributed by atoms with E-state index in [1.54, 1.807) is 6.92 Å². The Labute approximate surface area is 107 Å². The van der Waals surface area contributed by atoms with Gasteiger partial charge in [0.1, 0.15) is 0 Å². The van der Waals surface area contributed by atoms with Crippen LogP contribution in [-0.4, -0.2) is 11.9 Å². The number of rotatable bonds is 2. The molecule has 1 atom stereocenters. The lowest BCUT2D eigenvalue weighted by molar-refractivity contribution is -0.137. The van der Waals surface area contributed by atoms with Crippen LogP contribution in [-0.2, 0) is 15.7 Å². The lowest BCUT2D eigenvalue weighted by atomic mass is 9.98. The fraction of sp³-hybridized carbons (Fsp3) is 0.308. The largest absolute Gasteiger partial charge is 0.467 e. The summed E-state index contributed by atoms with van der Waals surface area (Å²) in [5, 5.41) is 0. The van der Waals surface area contributed by atoms with Gasteiger partial charge in [-0.2, -0.15) is 13.2 Å². The van der Waals surface area contributed by atoms with Crippen LogP contribution in [0.15, 0.2) is 30.1 Å². The molecule has 0 spiro atoms. The third-order valence-electron chi connectivity index (χ3n) is 2.90. The topological polar surface area (TPSA) is 52.3 Å². The maximum atomic E-state index is 12.6. The molecule has 0 aromatic heterocycles. The number of nitrogens with two attached hydrogens (primary N) is 1. The maximum Gasteiger partial charge on any atom is 0.416 e. The number of ketones is 1. The quantitative estimate of drug-likeness (QED) is 0.899. The number of alkyl halides is 3. The second-order valence-corrected chi connectivity index (χ2v) is 4.20. The van der Waals surface area contributed by atoms with Gasteiger partial charge in [-0.05, 0) is 24.1 Å². The third kappa shape index (κ3) is 2.43. The first-order valence-electron chi connectivity index (χ1n) is 5.72. The lowest BCUT2D eigenvalue weighted by Crippen LogP contribution is -2.17. The number of benzene rings is 1. The number of Topliss-reactive ketones (excluding diaryl/α,β-unsaturated/α-hetero) is 1. The molecule has 6 heteroatoms. The minimum Gasteiger partial charge on any atom is -0.467 e. The Bertz CT molecular complexity index is 549. The van der Waals surface area contributed by atoms with Crippen molar-refractivity contribution in [2.75, 3.05) is 0 Å². The SMILES string of the molecule is CCC1OC(N)=C(c2cccc(C(F)(F)F)c2)C1=O. The molecule has 1 aliphatic heterocycles. The highest BCUT2D eigenvalue weighted by molar-refractivity contribution is 6.24. The molecular weight excluding hydrogens is 259 g/mol. The summed E-state index contributed by atoms with van der Waals surface area (Å²) in [5.74, 6) is -0.490. The molecule has 1 aliphatic rings. The van der Waals surface area contributed by atoms with Crippen molar-refractivity contribution in [2.24, 2.45) is 5.73 Å². The Balaban J connectivity index is 2.43. The van der Waals surface area contributed by atoms with Crippen molar-refractivity contribution in [2.45, 2.75) is 25.6 Å². The van der Waals surface area contributed by atoms with Gasteiger partial charge in [-0.15, -0.1) is 0 Å². The van der Waals surface area contributed by atoms with E-state index >= 15 is 0 Å². The molecule has 102 valence electrons. The minimum atomic E-state index is -4.46. The average Bonchev–Trinajstić information content (AvgIpc) is 2.63. The number of carbonyl (C=O) groups excluding carboxylic acids is 1. The molecule has 1 aromatic rings. The van der Waals surface area contributed by atoms with Crippen LogP contribution in [0, 0.1) is 0 Å².